The predicted octanol–water partition coefficient (Wildman–Crippen LogP) is 2.43. The van der Waals surface area contributed by atoms with Crippen molar-refractivity contribution in [1.29, 1.82) is 0 Å². The summed E-state index contributed by atoms with van der Waals surface area (Å²) in [7, 11) is 0. The molecule has 1 unspecified atom stereocenters. The molecule has 2 heterocycles. The van der Waals surface area contributed by atoms with Gasteiger partial charge in [-0.05, 0) is 31.7 Å². The number of esters is 1. The number of carbonyl (C=O) groups is 2. The molecule has 1 aliphatic rings. The molecule has 8 heteroatoms. The zero-order valence-corrected chi connectivity index (χ0v) is 14.7. The number of amides is 1. The number of hydrogen-bond acceptors (Lipinski definition) is 7. The van der Waals surface area contributed by atoms with E-state index in [9.17, 15) is 9.59 Å². The topological polar surface area (TPSA) is 93.2 Å². The van der Waals surface area contributed by atoms with Crippen LogP contribution in [0.4, 0.5) is 11.5 Å². The maximum atomic E-state index is 12.1. The molecular weight excluding hydrogens is 340 g/mol. The molecule has 2 N–H and O–H groups in total. The van der Waals surface area contributed by atoms with Gasteiger partial charge in [-0.3, -0.25) is 4.79 Å². The minimum absolute atomic E-state index is 0.124. The number of nitrogens with one attached hydrogen (secondary N) is 2. The first-order valence-corrected chi connectivity index (χ1v) is 9.04. The fourth-order valence-corrected chi connectivity index (χ4v) is 2.88. The van der Waals surface area contributed by atoms with Crippen molar-refractivity contribution in [3.63, 3.8) is 0 Å². The second-order valence-electron chi connectivity index (χ2n) is 5.61. The van der Waals surface area contributed by atoms with Crippen LogP contribution in [-0.2, 0) is 9.59 Å². The van der Waals surface area contributed by atoms with E-state index < -0.39 is 12.0 Å². The normalized spacial score (nSPS) is 16.4. The third-order valence-electron chi connectivity index (χ3n) is 3.62. The highest BCUT2D eigenvalue weighted by atomic mass is 32.2. The summed E-state index contributed by atoms with van der Waals surface area (Å²) in [6.07, 6.45) is 2.74. The quantitative estimate of drug-likeness (QED) is 0.367. The molecule has 3 rings (SSSR count). The SMILES string of the molecule is CSc1nc(C)cc(Nc2cccc(OC(=O)C3CCC(=O)N3)c2)n1. The lowest BCUT2D eigenvalue weighted by atomic mass is 10.2. The number of thioether (sulfide) groups is 1. The van der Waals surface area contributed by atoms with Gasteiger partial charge in [-0.2, -0.15) is 0 Å². The average Bonchev–Trinajstić information content (AvgIpc) is 3.01. The average molecular weight is 358 g/mol. The fourth-order valence-electron chi connectivity index (χ4n) is 2.46. The summed E-state index contributed by atoms with van der Waals surface area (Å²) in [6, 6.07) is 8.31. The van der Waals surface area contributed by atoms with Crippen molar-refractivity contribution in [3.8, 4) is 5.75 Å². The van der Waals surface area contributed by atoms with Crippen LogP contribution in [0, 0.1) is 6.92 Å². The molecule has 130 valence electrons. The first-order valence-electron chi connectivity index (χ1n) is 7.81. The van der Waals surface area contributed by atoms with E-state index in [0.717, 1.165) is 11.4 Å². The lowest BCUT2D eigenvalue weighted by Gasteiger charge is -2.12. The number of carbonyl (C=O) groups excluding carboxylic acids is 2. The Balaban J connectivity index is 1.70. The maximum absolute atomic E-state index is 12.1. The number of benzene rings is 1. The lowest BCUT2D eigenvalue weighted by Crippen LogP contribution is -2.36. The van der Waals surface area contributed by atoms with E-state index in [0.29, 0.717) is 29.6 Å². The van der Waals surface area contributed by atoms with Crippen LogP contribution < -0.4 is 15.4 Å². The van der Waals surface area contributed by atoms with E-state index in [4.69, 9.17) is 4.74 Å². The standard InChI is InChI=1S/C17H18N4O3S/c1-10-8-14(21-17(18-10)25-2)19-11-4-3-5-12(9-11)24-16(23)13-6-7-15(22)20-13/h3-5,8-9,13H,6-7H2,1-2H3,(H,20,22)(H,18,19,21). The molecule has 2 aromatic rings. The van der Waals surface area contributed by atoms with Gasteiger partial charge in [0, 0.05) is 29.9 Å². The molecule has 1 atom stereocenters. The summed E-state index contributed by atoms with van der Waals surface area (Å²) < 4.78 is 5.36. The van der Waals surface area contributed by atoms with Gasteiger partial charge in [0.05, 0.1) is 0 Å². The third-order valence-corrected chi connectivity index (χ3v) is 4.17. The van der Waals surface area contributed by atoms with Crippen molar-refractivity contribution >= 4 is 35.1 Å². The van der Waals surface area contributed by atoms with Crippen molar-refractivity contribution in [2.45, 2.75) is 31.0 Å². The predicted molar refractivity (Wildman–Crippen MR) is 95.1 cm³/mol. The summed E-state index contributed by atoms with van der Waals surface area (Å²) in [5, 5.41) is 6.47. The second-order valence-corrected chi connectivity index (χ2v) is 6.39. The Morgan fingerprint density at radius 3 is 2.92 bits per heavy atom. The molecule has 1 amide bonds. The van der Waals surface area contributed by atoms with Crippen molar-refractivity contribution < 1.29 is 14.3 Å². The Morgan fingerprint density at radius 2 is 2.20 bits per heavy atom. The Hall–Kier alpha value is -2.61. The van der Waals surface area contributed by atoms with Gasteiger partial charge >= 0.3 is 5.97 Å². The van der Waals surface area contributed by atoms with Gasteiger partial charge in [0.25, 0.3) is 0 Å². The fraction of sp³-hybridized carbons (Fsp3) is 0.294. The largest absolute Gasteiger partial charge is 0.425 e. The number of rotatable bonds is 5. The molecule has 1 fully saturated rings. The van der Waals surface area contributed by atoms with Gasteiger partial charge in [-0.25, -0.2) is 14.8 Å². The van der Waals surface area contributed by atoms with Gasteiger partial charge in [-0.15, -0.1) is 0 Å². The van der Waals surface area contributed by atoms with Crippen LogP contribution >= 0.6 is 11.8 Å². The van der Waals surface area contributed by atoms with Crippen LogP contribution in [0.15, 0.2) is 35.5 Å². The van der Waals surface area contributed by atoms with Gasteiger partial charge in [0.15, 0.2) is 5.16 Å². The molecular formula is C17H18N4O3S. The van der Waals surface area contributed by atoms with E-state index in [1.807, 2.05) is 25.3 Å². The minimum atomic E-state index is -0.572. The molecule has 0 radical (unpaired) electrons. The molecule has 0 bridgehead atoms. The molecule has 0 aliphatic carbocycles. The molecule has 1 aromatic carbocycles. The molecule has 7 nitrogen and oxygen atoms in total. The van der Waals surface area contributed by atoms with Crippen molar-refractivity contribution in [2.75, 3.05) is 11.6 Å². The highest BCUT2D eigenvalue weighted by molar-refractivity contribution is 7.98. The number of nitrogens with zero attached hydrogens (tertiary/aromatic N) is 2. The Kier molecular flexibility index (Phi) is 5.18. The van der Waals surface area contributed by atoms with Crippen LogP contribution in [0.5, 0.6) is 5.75 Å². The van der Waals surface area contributed by atoms with Crippen molar-refractivity contribution in [1.82, 2.24) is 15.3 Å². The van der Waals surface area contributed by atoms with E-state index in [-0.39, 0.29) is 5.91 Å². The lowest BCUT2D eigenvalue weighted by molar-refractivity contribution is -0.137. The summed E-state index contributed by atoms with van der Waals surface area (Å²) in [5.74, 6) is 0.502. The highest BCUT2D eigenvalue weighted by Gasteiger charge is 2.28. The number of aryl methyl sites for hydroxylation is 1. The Bertz CT molecular complexity index is 812. The van der Waals surface area contributed by atoms with Gasteiger partial charge < -0.3 is 15.4 Å². The summed E-state index contributed by atoms with van der Waals surface area (Å²) in [4.78, 5) is 32.0. The van der Waals surface area contributed by atoms with Gasteiger partial charge in [0.1, 0.15) is 17.6 Å². The summed E-state index contributed by atoms with van der Waals surface area (Å²) in [6.45, 7) is 1.90. The van der Waals surface area contributed by atoms with E-state index in [1.165, 1.54) is 11.8 Å². The summed E-state index contributed by atoms with van der Waals surface area (Å²) >= 11 is 1.47. The van der Waals surface area contributed by atoms with Gasteiger partial charge in [0.2, 0.25) is 5.91 Å². The van der Waals surface area contributed by atoms with Crippen LogP contribution in [0.2, 0.25) is 0 Å². The first-order chi connectivity index (χ1) is 12.0. The van der Waals surface area contributed by atoms with E-state index >= 15 is 0 Å². The maximum Gasteiger partial charge on any atom is 0.334 e. The number of aromatic nitrogens is 2. The molecule has 0 saturated carbocycles. The van der Waals surface area contributed by atoms with Crippen molar-refractivity contribution in [3.05, 3.63) is 36.0 Å². The smallest absolute Gasteiger partial charge is 0.334 e. The highest BCUT2D eigenvalue weighted by Crippen LogP contribution is 2.23. The molecule has 1 aliphatic heterocycles. The second kappa shape index (κ2) is 7.52. The number of ether oxygens (including phenoxy) is 1. The molecule has 1 saturated heterocycles. The zero-order chi connectivity index (χ0) is 17.8. The summed E-state index contributed by atoms with van der Waals surface area (Å²) in [5.41, 5.74) is 1.60. The zero-order valence-electron chi connectivity index (χ0n) is 13.9. The first kappa shape index (κ1) is 17.2. The monoisotopic (exact) mass is 358 g/mol. The Labute approximate surface area is 149 Å². The van der Waals surface area contributed by atoms with Crippen LogP contribution in [0.25, 0.3) is 0 Å². The molecule has 25 heavy (non-hydrogen) atoms. The third kappa shape index (κ3) is 4.48. The van der Waals surface area contributed by atoms with Crippen LogP contribution in [0.3, 0.4) is 0 Å². The minimum Gasteiger partial charge on any atom is -0.425 e. The van der Waals surface area contributed by atoms with Crippen LogP contribution in [-0.4, -0.2) is 34.1 Å². The Morgan fingerprint density at radius 1 is 1.36 bits per heavy atom. The van der Waals surface area contributed by atoms with Gasteiger partial charge in [-0.1, -0.05) is 17.8 Å². The molecule has 0 spiro atoms. The van der Waals surface area contributed by atoms with Crippen LogP contribution in [0.1, 0.15) is 18.5 Å². The van der Waals surface area contributed by atoms with E-state index in [2.05, 4.69) is 20.6 Å². The number of anilines is 2. The van der Waals surface area contributed by atoms with Crippen molar-refractivity contribution in [2.24, 2.45) is 0 Å². The molecule has 1 aromatic heterocycles. The number of hydrogen-bond donors (Lipinski definition) is 2. The van der Waals surface area contributed by atoms with E-state index in [1.54, 1.807) is 18.2 Å².